The van der Waals surface area contributed by atoms with E-state index in [4.69, 9.17) is 34.8 Å². The summed E-state index contributed by atoms with van der Waals surface area (Å²) >= 11 is 14.4. The molecule has 0 saturated carbocycles. The summed E-state index contributed by atoms with van der Waals surface area (Å²) in [6, 6.07) is 0. The van der Waals surface area contributed by atoms with Crippen LogP contribution in [0.3, 0.4) is 0 Å². The van der Waals surface area contributed by atoms with Crippen molar-refractivity contribution in [2.75, 3.05) is 19.6 Å². The van der Waals surface area contributed by atoms with E-state index in [1.165, 1.54) is 19.6 Å². The second kappa shape index (κ2) is 10.8. The first-order valence-corrected chi connectivity index (χ1v) is 5.03. The van der Waals surface area contributed by atoms with Crippen molar-refractivity contribution in [1.82, 2.24) is 4.90 Å². The highest BCUT2D eigenvalue weighted by atomic mass is 35.6. The zero-order valence-corrected chi connectivity index (χ0v) is 9.55. The van der Waals surface area contributed by atoms with E-state index in [1.807, 2.05) is 0 Å². The maximum atomic E-state index is 4.81. The monoisotopic (exact) mass is 219 g/mol. The molecule has 0 bridgehead atoms. The maximum absolute atomic E-state index is 4.81. The van der Waals surface area contributed by atoms with Crippen molar-refractivity contribution < 1.29 is 0 Å². The van der Waals surface area contributed by atoms with Crippen molar-refractivity contribution in [2.45, 2.75) is 25.1 Å². The molecule has 0 spiro atoms. The van der Waals surface area contributed by atoms with Crippen LogP contribution in [0, 0.1) is 0 Å². The maximum Gasteiger partial charge on any atom is 0.180 e. The minimum Gasteiger partial charge on any atom is -0.304 e. The highest BCUT2D eigenvalue weighted by Crippen LogP contribution is 2.03. The molecule has 1 nitrogen and oxygen atoms in total. The molecule has 11 heavy (non-hydrogen) atoms. The summed E-state index contributed by atoms with van der Waals surface area (Å²) in [5, 5.41) is 0. The molecule has 0 atom stereocenters. The van der Waals surface area contributed by atoms with E-state index in [1.54, 1.807) is 0 Å². The van der Waals surface area contributed by atoms with E-state index >= 15 is 0 Å². The third-order valence-corrected chi connectivity index (χ3v) is 1.34. The Hall–Kier alpha value is 0.830. The molecule has 0 amide bonds. The Morgan fingerprint density at radius 1 is 0.909 bits per heavy atom. The van der Waals surface area contributed by atoms with E-state index in [0.29, 0.717) is 0 Å². The molecule has 0 fully saturated rings. The second-order valence-corrected chi connectivity index (χ2v) is 3.85. The molecule has 0 aromatic carbocycles. The molecule has 0 radical (unpaired) electrons. The normalized spacial score (nSPS) is 9.82. The molecule has 70 valence electrons. The average molecular weight is 221 g/mol. The Balaban J connectivity index is 0. The summed E-state index contributed by atoms with van der Waals surface area (Å²) in [6.07, 6.45) is 0. The van der Waals surface area contributed by atoms with Gasteiger partial charge in [-0.25, -0.2) is 0 Å². The lowest BCUT2D eigenvalue weighted by molar-refractivity contribution is 0.321. The van der Waals surface area contributed by atoms with Crippen LogP contribution in [-0.2, 0) is 0 Å². The zero-order chi connectivity index (χ0) is 9.28. The Kier molecular flexibility index (Phi) is 14.1. The quantitative estimate of drug-likeness (QED) is 0.660. The van der Waals surface area contributed by atoms with E-state index in [9.17, 15) is 0 Å². The number of rotatable bonds is 3. The summed E-state index contributed by atoms with van der Waals surface area (Å²) < 4.78 is -0.750. The van der Waals surface area contributed by atoms with Gasteiger partial charge in [-0.15, -0.1) is 0 Å². The number of halogens is 3. The van der Waals surface area contributed by atoms with Crippen molar-refractivity contribution in [1.29, 1.82) is 0 Å². The van der Waals surface area contributed by atoms with Gasteiger partial charge in [0.05, 0.1) is 0 Å². The van der Waals surface area contributed by atoms with Gasteiger partial charge in [0.1, 0.15) is 0 Å². The van der Waals surface area contributed by atoms with Crippen LogP contribution in [0.2, 0.25) is 0 Å². The Bertz CT molecular complexity index is 56.4. The predicted octanol–water partition coefficient (Wildman–Crippen LogP) is 3.33. The molecule has 0 saturated heterocycles. The van der Waals surface area contributed by atoms with Gasteiger partial charge >= 0.3 is 0 Å². The van der Waals surface area contributed by atoms with Crippen LogP contribution < -0.4 is 0 Å². The van der Waals surface area contributed by atoms with Crippen molar-refractivity contribution in [3.05, 3.63) is 0 Å². The summed E-state index contributed by atoms with van der Waals surface area (Å²) in [4.78, 5) is 2.38. The van der Waals surface area contributed by atoms with Crippen LogP contribution in [-0.4, -0.2) is 28.8 Å². The van der Waals surface area contributed by atoms with Crippen molar-refractivity contribution in [3.63, 3.8) is 0 Å². The van der Waals surface area contributed by atoms with Gasteiger partial charge in [0.25, 0.3) is 0 Å². The smallest absolute Gasteiger partial charge is 0.180 e. The van der Waals surface area contributed by atoms with Crippen LogP contribution in [0.5, 0.6) is 0 Å². The van der Waals surface area contributed by atoms with E-state index in [-0.39, 0.29) is 0 Å². The van der Waals surface area contributed by atoms with Gasteiger partial charge in [-0.3, -0.25) is 0 Å². The van der Waals surface area contributed by atoms with E-state index < -0.39 is 4.30 Å². The van der Waals surface area contributed by atoms with Crippen LogP contribution >= 0.6 is 34.8 Å². The largest absolute Gasteiger partial charge is 0.304 e. The topological polar surface area (TPSA) is 3.24 Å². The third-order valence-electron chi connectivity index (χ3n) is 1.34. The van der Waals surface area contributed by atoms with Gasteiger partial charge in [0.2, 0.25) is 0 Å². The average Bonchev–Trinajstić information content (AvgIpc) is 1.90. The lowest BCUT2D eigenvalue weighted by Gasteiger charge is -2.13. The van der Waals surface area contributed by atoms with Crippen molar-refractivity contribution in [3.8, 4) is 0 Å². The SMILES string of the molecule is CCN(CC)CC.ClC(Cl)Cl. The van der Waals surface area contributed by atoms with E-state index in [0.717, 1.165) is 0 Å². The highest BCUT2D eigenvalue weighted by molar-refractivity contribution is 6.63. The first kappa shape index (κ1) is 14.4. The fraction of sp³-hybridized carbons (Fsp3) is 1.00. The molecule has 0 heterocycles. The second-order valence-electron chi connectivity index (χ2n) is 1.87. The molecule has 0 aliphatic rings. The zero-order valence-electron chi connectivity index (χ0n) is 7.28. The molecule has 0 aliphatic heterocycles. The molecule has 0 aliphatic carbocycles. The van der Waals surface area contributed by atoms with Crippen molar-refractivity contribution in [2.24, 2.45) is 0 Å². The molecule has 0 aromatic rings. The third kappa shape index (κ3) is 18.1. The lowest BCUT2D eigenvalue weighted by Crippen LogP contribution is -2.21. The van der Waals surface area contributed by atoms with Gasteiger partial charge in [-0.05, 0) is 19.6 Å². The number of alkyl halides is 3. The van der Waals surface area contributed by atoms with Crippen LogP contribution in [0.15, 0.2) is 0 Å². The number of nitrogens with zero attached hydrogens (tertiary/aromatic N) is 1. The molecule has 0 N–H and O–H groups in total. The number of hydrogen-bond donors (Lipinski definition) is 0. The van der Waals surface area contributed by atoms with Gasteiger partial charge in [-0.1, -0.05) is 55.6 Å². The minimum absolute atomic E-state index is 0.750. The van der Waals surface area contributed by atoms with Crippen LogP contribution in [0.25, 0.3) is 0 Å². The summed E-state index contributed by atoms with van der Waals surface area (Å²) in [5.74, 6) is 0. The van der Waals surface area contributed by atoms with Gasteiger partial charge < -0.3 is 4.90 Å². The van der Waals surface area contributed by atoms with Crippen LogP contribution in [0.1, 0.15) is 20.8 Å². The highest BCUT2D eigenvalue weighted by Gasteiger charge is 1.89. The Morgan fingerprint density at radius 2 is 1.09 bits per heavy atom. The molecule has 4 heteroatoms. The fourth-order valence-corrected chi connectivity index (χ4v) is 0.671. The van der Waals surface area contributed by atoms with Crippen molar-refractivity contribution >= 4 is 34.8 Å². The van der Waals surface area contributed by atoms with E-state index in [2.05, 4.69) is 25.7 Å². The Labute approximate surface area is 84.6 Å². The summed E-state index contributed by atoms with van der Waals surface area (Å²) in [6.45, 7) is 10.1. The molecular formula is C7H16Cl3N. The molecular weight excluding hydrogens is 204 g/mol. The van der Waals surface area contributed by atoms with Gasteiger partial charge in [-0.2, -0.15) is 0 Å². The first-order chi connectivity index (χ1) is 5.08. The number of hydrogen-bond acceptors (Lipinski definition) is 1. The Morgan fingerprint density at radius 3 is 1.09 bits per heavy atom. The summed E-state index contributed by atoms with van der Waals surface area (Å²) in [5.41, 5.74) is 0. The molecule has 0 aromatic heterocycles. The lowest BCUT2D eigenvalue weighted by atomic mass is 10.5. The van der Waals surface area contributed by atoms with Gasteiger partial charge in [0.15, 0.2) is 4.30 Å². The van der Waals surface area contributed by atoms with Gasteiger partial charge in [0, 0.05) is 0 Å². The molecule has 0 unspecified atom stereocenters. The fourth-order valence-electron chi connectivity index (χ4n) is 0.671. The standard InChI is InChI=1S/C6H15N.CHCl3/c1-4-7(5-2)6-3;2-1(3)4/h4-6H2,1-3H3;1H. The predicted molar refractivity (Wildman–Crippen MR) is 54.8 cm³/mol. The summed E-state index contributed by atoms with van der Waals surface area (Å²) in [7, 11) is 0. The minimum atomic E-state index is -0.750. The first-order valence-electron chi connectivity index (χ1n) is 3.72. The molecule has 0 rings (SSSR count). The van der Waals surface area contributed by atoms with Crippen LogP contribution in [0.4, 0.5) is 0 Å².